The molecule has 5 heterocycles. The zero-order chi connectivity index (χ0) is 22.5. The Kier molecular flexibility index (Phi) is 5.31. The largest absolute Gasteiger partial charge is 0.393 e. The van der Waals surface area contributed by atoms with Gasteiger partial charge in [0.25, 0.3) is 5.56 Å². The molecule has 8 heteroatoms. The van der Waals surface area contributed by atoms with Crippen molar-refractivity contribution in [1.29, 1.82) is 0 Å². The van der Waals surface area contributed by atoms with Gasteiger partial charge in [0, 0.05) is 48.7 Å². The number of benzene rings is 1. The summed E-state index contributed by atoms with van der Waals surface area (Å²) >= 11 is 0. The molecule has 3 N–H and O–H groups in total. The molecule has 3 aliphatic heterocycles. The topological polar surface area (TPSA) is 101 Å². The molecule has 1 aromatic carbocycles. The Morgan fingerprint density at radius 2 is 1.73 bits per heavy atom. The van der Waals surface area contributed by atoms with Crippen LogP contribution < -0.4 is 11.3 Å². The van der Waals surface area contributed by atoms with Crippen molar-refractivity contribution in [2.24, 2.45) is 0 Å². The average Bonchev–Trinajstić information content (AvgIpc) is 3.13. The van der Waals surface area contributed by atoms with Crippen LogP contribution >= 0.6 is 0 Å². The molecule has 4 fully saturated rings. The van der Waals surface area contributed by atoms with E-state index >= 15 is 0 Å². The number of nitrogens with two attached hydrogens (primary N) is 1. The molecule has 3 saturated heterocycles. The van der Waals surface area contributed by atoms with E-state index in [9.17, 15) is 9.90 Å². The Bertz CT molecular complexity index is 1240. The third-order valence-electron chi connectivity index (χ3n) is 8.03. The number of pyridine rings is 1. The van der Waals surface area contributed by atoms with Gasteiger partial charge in [-0.05, 0) is 68.6 Å². The lowest BCUT2D eigenvalue weighted by Crippen LogP contribution is -2.37. The highest BCUT2D eigenvalue weighted by molar-refractivity contribution is 6.04. The summed E-state index contributed by atoms with van der Waals surface area (Å²) in [6.45, 7) is 5.50. The van der Waals surface area contributed by atoms with Gasteiger partial charge in [0.1, 0.15) is 5.65 Å². The lowest BCUT2D eigenvalue weighted by molar-refractivity contribution is 0.111. The van der Waals surface area contributed by atoms with E-state index in [4.69, 9.17) is 5.73 Å². The Hall–Kier alpha value is -2.55. The molecule has 2 bridgehead atoms. The van der Waals surface area contributed by atoms with Gasteiger partial charge >= 0.3 is 0 Å². The maximum atomic E-state index is 13.8. The highest BCUT2D eigenvalue weighted by atomic mass is 16.3. The van der Waals surface area contributed by atoms with Crippen LogP contribution in [0.4, 0.5) is 5.95 Å². The Labute approximate surface area is 193 Å². The summed E-state index contributed by atoms with van der Waals surface area (Å²) in [4.78, 5) is 27.7. The molecule has 0 amide bonds. The lowest BCUT2D eigenvalue weighted by Gasteiger charge is -2.31. The first-order valence-electron chi connectivity index (χ1n) is 12.3. The number of fused-ring (bicyclic) bond motifs is 7. The molecule has 0 radical (unpaired) electrons. The van der Waals surface area contributed by atoms with Gasteiger partial charge in [0.15, 0.2) is 0 Å². The molecule has 1 aliphatic carbocycles. The van der Waals surface area contributed by atoms with Gasteiger partial charge in [-0.25, -0.2) is 4.98 Å². The maximum Gasteiger partial charge on any atom is 0.260 e. The monoisotopic (exact) mass is 448 g/mol. The van der Waals surface area contributed by atoms with Gasteiger partial charge in [-0.2, -0.15) is 4.98 Å². The van der Waals surface area contributed by atoms with Gasteiger partial charge in [0.05, 0.1) is 6.10 Å². The number of piperidine rings is 1. The van der Waals surface area contributed by atoms with E-state index in [1.165, 1.54) is 31.5 Å². The Morgan fingerprint density at radius 1 is 0.939 bits per heavy atom. The van der Waals surface area contributed by atoms with Gasteiger partial charge in [-0.15, -0.1) is 0 Å². The normalized spacial score (nSPS) is 28.4. The summed E-state index contributed by atoms with van der Waals surface area (Å²) < 4.78 is 1.83. The van der Waals surface area contributed by atoms with Crippen molar-refractivity contribution in [1.82, 2.24) is 24.3 Å². The van der Waals surface area contributed by atoms with E-state index in [0.29, 0.717) is 24.5 Å². The summed E-state index contributed by atoms with van der Waals surface area (Å²) in [5.41, 5.74) is 7.70. The Balaban J connectivity index is 1.44. The van der Waals surface area contributed by atoms with Crippen LogP contribution in [0.5, 0.6) is 0 Å². The number of hydrogen-bond acceptors (Lipinski definition) is 7. The minimum absolute atomic E-state index is 0.0123. The fraction of sp³-hybridized carbons (Fsp3) is 0.560. The number of aromatic nitrogens is 3. The van der Waals surface area contributed by atoms with Crippen molar-refractivity contribution in [3.63, 3.8) is 0 Å². The van der Waals surface area contributed by atoms with Crippen molar-refractivity contribution in [2.75, 3.05) is 31.9 Å². The van der Waals surface area contributed by atoms with Gasteiger partial charge in [-0.1, -0.05) is 12.1 Å². The quantitative estimate of drug-likeness (QED) is 0.593. The summed E-state index contributed by atoms with van der Waals surface area (Å²) in [5.74, 6) is 0.175. The molecular weight excluding hydrogens is 416 g/mol. The van der Waals surface area contributed by atoms with Crippen molar-refractivity contribution in [3.8, 4) is 0 Å². The number of hydrogen-bond donors (Lipinski definition) is 2. The zero-order valence-corrected chi connectivity index (χ0v) is 19.0. The number of anilines is 1. The number of rotatable bonds is 3. The predicted molar refractivity (Wildman–Crippen MR) is 129 cm³/mol. The maximum absolute atomic E-state index is 13.8. The van der Waals surface area contributed by atoms with Crippen LogP contribution in [0.15, 0.2) is 29.2 Å². The van der Waals surface area contributed by atoms with Crippen LogP contribution in [0.25, 0.3) is 21.8 Å². The molecule has 174 valence electrons. The van der Waals surface area contributed by atoms with Crippen molar-refractivity contribution in [3.05, 3.63) is 40.3 Å². The minimum Gasteiger partial charge on any atom is -0.393 e. The van der Waals surface area contributed by atoms with Crippen LogP contribution in [0.3, 0.4) is 0 Å². The van der Waals surface area contributed by atoms with E-state index in [0.717, 1.165) is 48.6 Å². The fourth-order valence-corrected chi connectivity index (χ4v) is 6.15. The van der Waals surface area contributed by atoms with Crippen LogP contribution in [-0.4, -0.2) is 67.8 Å². The highest BCUT2D eigenvalue weighted by Gasteiger charge is 2.29. The number of nitrogen functional groups attached to an aromatic ring is 1. The molecule has 33 heavy (non-hydrogen) atoms. The van der Waals surface area contributed by atoms with Crippen LogP contribution in [0, 0.1) is 0 Å². The van der Waals surface area contributed by atoms with E-state index in [2.05, 4.69) is 38.0 Å². The minimum atomic E-state index is -0.282. The van der Waals surface area contributed by atoms with E-state index in [-0.39, 0.29) is 23.7 Å². The molecule has 0 atom stereocenters. The third-order valence-corrected chi connectivity index (χ3v) is 8.03. The number of nitrogens with zero attached hydrogens (tertiary/aromatic N) is 5. The highest BCUT2D eigenvalue weighted by Crippen LogP contribution is 2.32. The number of aliphatic hydroxyl groups is 1. The first kappa shape index (κ1) is 21.0. The van der Waals surface area contributed by atoms with Crippen LogP contribution in [-0.2, 0) is 6.54 Å². The zero-order valence-electron chi connectivity index (χ0n) is 19.0. The predicted octanol–water partition coefficient (Wildman–Crippen LogP) is 2.28. The molecular formula is C25H32N6O2. The first-order valence-corrected chi connectivity index (χ1v) is 12.3. The fourth-order valence-electron chi connectivity index (χ4n) is 6.15. The van der Waals surface area contributed by atoms with Gasteiger partial charge in [0.2, 0.25) is 5.95 Å². The van der Waals surface area contributed by atoms with Crippen molar-refractivity contribution in [2.45, 2.75) is 63.3 Å². The van der Waals surface area contributed by atoms with Crippen LogP contribution in [0.1, 0.15) is 50.1 Å². The van der Waals surface area contributed by atoms with E-state index in [1.54, 1.807) is 6.20 Å². The van der Waals surface area contributed by atoms with Crippen LogP contribution in [0.2, 0.25) is 0 Å². The molecule has 1 saturated carbocycles. The van der Waals surface area contributed by atoms with E-state index < -0.39 is 0 Å². The lowest BCUT2D eigenvalue weighted by atomic mass is 9.92. The SMILES string of the molecule is Nc1ncc2c3ccc(CN4CCN5CCC4CC5)cc3c(=O)n(C3CCC(O)CC3)c2n1. The van der Waals surface area contributed by atoms with Gasteiger partial charge in [-0.3, -0.25) is 14.3 Å². The molecule has 2 aromatic heterocycles. The van der Waals surface area contributed by atoms with Crippen molar-refractivity contribution >= 4 is 27.8 Å². The average molecular weight is 449 g/mol. The van der Waals surface area contributed by atoms with E-state index in [1.807, 2.05) is 4.57 Å². The summed E-state index contributed by atoms with van der Waals surface area (Å²) in [6, 6.07) is 6.94. The summed E-state index contributed by atoms with van der Waals surface area (Å²) in [5, 5.41) is 12.5. The smallest absolute Gasteiger partial charge is 0.260 e. The summed E-state index contributed by atoms with van der Waals surface area (Å²) in [7, 11) is 0. The second-order valence-electron chi connectivity index (χ2n) is 10.0. The second-order valence-corrected chi connectivity index (χ2v) is 10.0. The molecule has 0 unspecified atom stereocenters. The molecule has 0 spiro atoms. The molecule has 7 rings (SSSR count). The molecule has 4 aliphatic rings. The standard InChI is InChI=1S/C25H32N6O2/c26-25-27-14-22-20-6-1-16(15-30-12-11-29-9-7-17(30)8-10-29)13-21(20)24(33)31(23(22)28-25)18-2-4-19(32)5-3-18/h1,6,13-14,17-19,32H,2-5,7-12,15H2,(H2,26,27,28). The third kappa shape index (κ3) is 3.80. The van der Waals surface area contributed by atoms with Crippen molar-refractivity contribution < 1.29 is 5.11 Å². The number of aliphatic hydroxyl groups excluding tert-OH is 1. The summed E-state index contributed by atoms with van der Waals surface area (Å²) in [6.07, 6.45) is 6.85. The molecule has 8 nitrogen and oxygen atoms in total. The second kappa shape index (κ2) is 8.34. The van der Waals surface area contributed by atoms with Gasteiger partial charge < -0.3 is 15.7 Å². The molecule has 3 aromatic rings. The first-order chi connectivity index (χ1) is 16.1. The Morgan fingerprint density at radius 3 is 2.52 bits per heavy atom.